The summed E-state index contributed by atoms with van der Waals surface area (Å²) in [5.74, 6) is 0. The molecule has 0 aliphatic heterocycles. The van der Waals surface area contributed by atoms with Crippen LogP contribution < -0.4 is 0 Å². The first-order valence-electron chi connectivity index (χ1n) is 10.6. The molecular weight excluding hydrogens is 300 g/mol. The topological polar surface area (TPSA) is 57.5 Å². The Labute approximate surface area is 151 Å². The third kappa shape index (κ3) is 33.0. The summed E-state index contributed by atoms with van der Waals surface area (Å²) in [5, 5.41) is 13.9. The van der Waals surface area contributed by atoms with Gasteiger partial charge in [0.2, 0.25) is 0 Å². The highest BCUT2D eigenvalue weighted by Crippen LogP contribution is 2.14. The summed E-state index contributed by atoms with van der Waals surface area (Å²) in [7, 11) is 0. The Morgan fingerprint density at radius 1 is 0.458 bits per heavy atom. The molecule has 0 aromatic carbocycles. The zero-order valence-corrected chi connectivity index (χ0v) is 16.5. The summed E-state index contributed by atoms with van der Waals surface area (Å²) in [4.78, 5) is 8.56. The van der Waals surface area contributed by atoms with Crippen LogP contribution in [0.2, 0.25) is 0 Å². The SMILES string of the molecule is CCCCCCCCCCCCCCCCCCCC.O=C(O)O. The van der Waals surface area contributed by atoms with Gasteiger partial charge in [0, 0.05) is 0 Å². The molecule has 0 atom stereocenters. The zero-order chi connectivity index (χ0) is 18.3. The van der Waals surface area contributed by atoms with Crippen LogP contribution in [0.15, 0.2) is 0 Å². The normalized spacial score (nSPS) is 10.2. The molecule has 0 amide bonds. The molecule has 2 N–H and O–H groups in total. The van der Waals surface area contributed by atoms with Crippen molar-refractivity contribution in [1.29, 1.82) is 0 Å². The van der Waals surface area contributed by atoms with Crippen LogP contribution in [-0.4, -0.2) is 16.4 Å². The minimum absolute atomic E-state index is 1.37. The maximum Gasteiger partial charge on any atom is 0.503 e. The Hall–Kier alpha value is -0.730. The average Bonchev–Trinajstić information content (AvgIpc) is 2.54. The highest BCUT2D eigenvalue weighted by Gasteiger charge is 1.94. The Kier molecular flexibility index (Phi) is 26.1. The Morgan fingerprint density at radius 2 is 0.583 bits per heavy atom. The predicted octanol–water partition coefficient (Wildman–Crippen LogP) is 8.27. The van der Waals surface area contributed by atoms with Crippen LogP contribution >= 0.6 is 0 Å². The third-order valence-corrected chi connectivity index (χ3v) is 4.46. The van der Waals surface area contributed by atoms with E-state index in [1.54, 1.807) is 0 Å². The predicted molar refractivity (Wildman–Crippen MR) is 105 cm³/mol. The first-order chi connectivity index (χ1) is 11.6. The van der Waals surface area contributed by atoms with Gasteiger partial charge in [-0.2, -0.15) is 0 Å². The van der Waals surface area contributed by atoms with Gasteiger partial charge in [-0.25, -0.2) is 4.79 Å². The molecule has 0 aromatic heterocycles. The molecule has 3 heteroatoms. The maximum atomic E-state index is 8.56. The van der Waals surface area contributed by atoms with Gasteiger partial charge >= 0.3 is 6.16 Å². The lowest BCUT2D eigenvalue weighted by molar-refractivity contribution is 0.137. The van der Waals surface area contributed by atoms with Gasteiger partial charge < -0.3 is 10.2 Å². The molecule has 3 nitrogen and oxygen atoms in total. The number of unbranched alkanes of at least 4 members (excludes halogenated alkanes) is 17. The number of hydrogen-bond acceptors (Lipinski definition) is 1. The van der Waals surface area contributed by atoms with Crippen molar-refractivity contribution in [2.45, 2.75) is 129 Å². The molecule has 0 heterocycles. The van der Waals surface area contributed by atoms with Crippen LogP contribution in [0.25, 0.3) is 0 Å². The molecular formula is C21H44O3. The monoisotopic (exact) mass is 344 g/mol. The van der Waals surface area contributed by atoms with E-state index < -0.39 is 6.16 Å². The van der Waals surface area contributed by atoms with E-state index in [1.807, 2.05) is 0 Å². The lowest BCUT2D eigenvalue weighted by Gasteiger charge is -2.03. The van der Waals surface area contributed by atoms with Gasteiger partial charge in [-0.05, 0) is 0 Å². The van der Waals surface area contributed by atoms with E-state index in [4.69, 9.17) is 15.0 Å². The van der Waals surface area contributed by atoms with Gasteiger partial charge in [0.05, 0.1) is 0 Å². The van der Waals surface area contributed by atoms with E-state index in [2.05, 4.69) is 13.8 Å². The first-order valence-corrected chi connectivity index (χ1v) is 10.6. The lowest BCUT2D eigenvalue weighted by Crippen LogP contribution is -1.83. The second-order valence-corrected chi connectivity index (χ2v) is 6.94. The van der Waals surface area contributed by atoms with Crippen molar-refractivity contribution in [2.75, 3.05) is 0 Å². The van der Waals surface area contributed by atoms with Gasteiger partial charge in [0.15, 0.2) is 0 Å². The minimum atomic E-state index is -1.83. The standard InChI is InChI=1S/C20H42.CH2O3/c1-3-5-7-9-11-13-15-17-19-20-18-16-14-12-10-8-6-4-2;2-1(3)4/h3-20H2,1-2H3;(H2,2,3,4). The van der Waals surface area contributed by atoms with Gasteiger partial charge in [-0.1, -0.05) is 129 Å². The molecule has 0 rings (SSSR count). The molecule has 24 heavy (non-hydrogen) atoms. The second kappa shape index (κ2) is 24.5. The van der Waals surface area contributed by atoms with Crippen LogP contribution in [-0.2, 0) is 0 Å². The van der Waals surface area contributed by atoms with Crippen molar-refractivity contribution < 1.29 is 15.0 Å². The van der Waals surface area contributed by atoms with Gasteiger partial charge in [0.1, 0.15) is 0 Å². The van der Waals surface area contributed by atoms with Crippen LogP contribution in [0.3, 0.4) is 0 Å². The van der Waals surface area contributed by atoms with E-state index in [1.165, 1.54) is 116 Å². The third-order valence-electron chi connectivity index (χ3n) is 4.46. The number of carbonyl (C=O) groups is 1. The molecule has 0 aliphatic carbocycles. The fraction of sp³-hybridized carbons (Fsp3) is 0.952. The van der Waals surface area contributed by atoms with Gasteiger partial charge in [-0.15, -0.1) is 0 Å². The van der Waals surface area contributed by atoms with E-state index in [0.29, 0.717) is 0 Å². The van der Waals surface area contributed by atoms with Crippen molar-refractivity contribution in [1.82, 2.24) is 0 Å². The molecule has 0 spiro atoms. The molecule has 0 aliphatic rings. The highest BCUT2D eigenvalue weighted by molar-refractivity contribution is 5.53. The summed E-state index contributed by atoms with van der Waals surface area (Å²) < 4.78 is 0. The van der Waals surface area contributed by atoms with Crippen LogP contribution in [0.4, 0.5) is 4.79 Å². The average molecular weight is 345 g/mol. The molecule has 0 unspecified atom stereocenters. The Bertz CT molecular complexity index is 207. The maximum absolute atomic E-state index is 8.56. The van der Waals surface area contributed by atoms with Crippen LogP contribution in [0.1, 0.15) is 129 Å². The van der Waals surface area contributed by atoms with Crippen LogP contribution in [0.5, 0.6) is 0 Å². The molecule has 0 bridgehead atoms. The van der Waals surface area contributed by atoms with Gasteiger partial charge in [0.25, 0.3) is 0 Å². The largest absolute Gasteiger partial charge is 0.503 e. The van der Waals surface area contributed by atoms with Crippen molar-refractivity contribution in [3.05, 3.63) is 0 Å². The smallest absolute Gasteiger partial charge is 0.450 e. The van der Waals surface area contributed by atoms with Crippen molar-refractivity contribution >= 4 is 6.16 Å². The Morgan fingerprint density at radius 3 is 0.708 bits per heavy atom. The number of hydrogen-bond donors (Lipinski definition) is 2. The fourth-order valence-electron chi connectivity index (χ4n) is 2.97. The zero-order valence-electron chi connectivity index (χ0n) is 16.5. The first kappa shape index (κ1) is 25.5. The van der Waals surface area contributed by atoms with Crippen molar-refractivity contribution in [2.24, 2.45) is 0 Å². The lowest BCUT2D eigenvalue weighted by atomic mass is 10.0. The minimum Gasteiger partial charge on any atom is -0.450 e. The van der Waals surface area contributed by atoms with Gasteiger partial charge in [-0.3, -0.25) is 0 Å². The van der Waals surface area contributed by atoms with E-state index >= 15 is 0 Å². The van der Waals surface area contributed by atoms with Crippen molar-refractivity contribution in [3.8, 4) is 0 Å². The molecule has 0 fully saturated rings. The summed E-state index contributed by atoms with van der Waals surface area (Å²) >= 11 is 0. The number of carboxylic acid groups (broad SMARTS) is 2. The Balaban J connectivity index is 0. The summed E-state index contributed by atoms with van der Waals surface area (Å²) in [6.45, 7) is 4.59. The molecule has 146 valence electrons. The molecule has 0 saturated heterocycles. The molecule has 0 saturated carbocycles. The van der Waals surface area contributed by atoms with Crippen LogP contribution in [0, 0.1) is 0 Å². The fourth-order valence-corrected chi connectivity index (χ4v) is 2.97. The quantitative estimate of drug-likeness (QED) is 0.261. The van der Waals surface area contributed by atoms with E-state index in [-0.39, 0.29) is 0 Å². The van der Waals surface area contributed by atoms with E-state index in [0.717, 1.165) is 0 Å². The molecule has 0 radical (unpaired) electrons. The summed E-state index contributed by atoms with van der Waals surface area (Å²) in [6.07, 6.45) is 24.6. The van der Waals surface area contributed by atoms with Crippen molar-refractivity contribution in [3.63, 3.8) is 0 Å². The summed E-state index contributed by atoms with van der Waals surface area (Å²) in [5.41, 5.74) is 0. The highest BCUT2D eigenvalue weighted by atomic mass is 16.6. The summed E-state index contributed by atoms with van der Waals surface area (Å²) in [6, 6.07) is 0. The number of rotatable bonds is 17. The molecule has 0 aromatic rings. The second-order valence-electron chi connectivity index (χ2n) is 6.94. The van der Waals surface area contributed by atoms with E-state index in [9.17, 15) is 0 Å².